The first kappa shape index (κ1) is 17.0. The van der Waals surface area contributed by atoms with Crippen LogP contribution in [0.4, 0.5) is 11.6 Å². The van der Waals surface area contributed by atoms with E-state index in [-0.39, 0.29) is 12.1 Å². The van der Waals surface area contributed by atoms with Gasteiger partial charge < -0.3 is 10.1 Å². The lowest BCUT2D eigenvalue weighted by Gasteiger charge is -2.08. The number of rotatable bonds is 5. The first-order valence-corrected chi connectivity index (χ1v) is 8.63. The van der Waals surface area contributed by atoms with Gasteiger partial charge in [0.2, 0.25) is 0 Å². The van der Waals surface area contributed by atoms with E-state index >= 15 is 0 Å². The van der Waals surface area contributed by atoms with Crippen molar-refractivity contribution in [2.75, 3.05) is 5.32 Å². The Labute approximate surface area is 149 Å². The van der Waals surface area contributed by atoms with Crippen LogP contribution in [0.2, 0.25) is 0 Å². The van der Waals surface area contributed by atoms with Gasteiger partial charge in [-0.1, -0.05) is 6.07 Å². The lowest BCUT2D eigenvalue weighted by molar-refractivity contribution is -0.145. The summed E-state index contributed by atoms with van der Waals surface area (Å²) in [6.45, 7) is 5.21. The predicted molar refractivity (Wildman–Crippen MR) is 97.8 cm³/mol. The molecular weight excluding hydrogens is 336 g/mol. The normalized spacial score (nSPS) is 11.8. The van der Waals surface area contributed by atoms with Crippen molar-refractivity contribution in [2.45, 2.75) is 26.9 Å². The summed E-state index contributed by atoms with van der Waals surface area (Å²) in [4.78, 5) is 25.2. The molecule has 1 atom stereocenters. The van der Waals surface area contributed by atoms with E-state index in [4.69, 9.17) is 4.74 Å². The maximum atomic E-state index is 11.1. The molecule has 0 radical (unpaired) electrons. The zero-order valence-corrected chi connectivity index (χ0v) is 15.0. The number of nitrogens with zero attached hydrogens (tertiary/aromatic N) is 3. The zero-order chi connectivity index (χ0) is 17.8. The number of anilines is 2. The van der Waals surface area contributed by atoms with E-state index in [0.29, 0.717) is 5.82 Å². The number of hydrogen-bond acceptors (Lipinski definition) is 7. The van der Waals surface area contributed by atoms with Crippen LogP contribution in [0.1, 0.15) is 30.5 Å². The lowest BCUT2D eigenvalue weighted by Crippen LogP contribution is -2.03. The molecule has 6 nitrogen and oxygen atoms in total. The second-order valence-electron chi connectivity index (χ2n) is 5.57. The molecule has 0 amide bonds. The minimum Gasteiger partial charge on any atom is -0.455 e. The summed E-state index contributed by atoms with van der Waals surface area (Å²) in [7, 11) is 0. The number of pyridine rings is 2. The van der Waals surface area contributed by atoms with Crippen LogP contribution in [0.3, 0.4) is 0 Å². The van der Waals surface area contributed by atoms with E-state index in [1.165, 1.54) is 18.3 Å². The number of carbonyl (C=O) groups is 1. The summed E-state index contributed by atoms with van der Waals surface area (Å²) in [5.74, 6) is 1.14. The van der Waals surface area contributed by atoms with Gasteiger partial charge >= 0.3 is 5.97 Å². The second-order valence-corrected chi connectivity index (χ2v) is 6.63. The standard InChI is InChI=1S/C18H18N4O2S/c1-11-7-8-19-17(9-11)22-16-6-4-5-14(21-16)15-10-20-18(25-15)12(2)24-13(3)23/h4-10,12H,1-3H3,(H,19,21,22)/t12-/m0/s1. The largest absolute Gasteiger partial charge is 0.455 e. The van der Waals surface area contributed by atoms with Crippen molar-refractivity contribution < 1.29 is 9.53 Å². The molecule has 3 rings (SSSR count). The number of nitrogens with one attached hydrogen (secondary N) is 1. The van der Waals surface area contributed by atoms with Gasteiger partial charge in [-0.2, -0.15) is 0 Å². The number of hydrogen-bond donors (Lipinski definition) is 1. The molecule has 1 N–H and O–H groups in total. The van der Waals surface area contributed by atoms with Crippen molar-refractivity contribution in [3.63, 3.8) is 0 Å². The maximum Gasteiger partial charge on any atom is 0.303 e. The molecule has 0 saturated heterocycles. The van der Waals surface area contributed by atoms with Gasteiger partial charge in [-0.25, -0.2) is 15.0 Å². The summed E-state index contributed by atoms with van der Waals surface area (Å²) in [5.41, 5.74) is 1.93. The van der Waals surface area contributed by atoms with E-state index in [1.54, 1.807) is 19.3 Å². The number of aromatic nitrogens is 3. The van der Waals surface area contributed by atoms with E-state index in [1.807, 2.05) is 37.3 Å². The molecule has 0 fully saturated rings. The number of aryl methyl sites for hydroxylation is 1. The van der Waals surface area contributed by atoms with Gasteiger partial charge in [0.1, 0.15) is 16.6 Å². The molecule has 128 valence electrons. The Morgan fingerprint density at radius 2 is 2.08 bits per heavy atom. The highest BCUT2D eigenvalue weighted by molar-refractivity contribution is 7.15. The van der Waals surface area contributed by atoms with Crippen LogP contribution in [0.25, 0.3) is 10.6 Å². The number of esters is 1. The summed E-state index contributed by atoms with van der Waals surface area (Å²) in [6.07, 6.45) is 3.14. The van der Waals surface area contributed by atoms with Crippen molar-refractivity contribution in [3.8, 4) is 10.6 Å². The molecule has 3 heterocycles. The highest BCUT2D eigenvalue weighted by Gasteiger charge is 2.14. The fourth-order valence-electron chi connectivity index (χ4n) is 2.27. The molecule has 3 aromatic heterocycles. The van der Waals surface area contributed by atoms with Gasteiger partial charge in [0.25, 0.3) is 0 Å². The van der Waals surface area contributed by atoms with Crippen LogP contribution >= 0.6 is 11.3 Å². The summed E-state index contributed by atoms with van der Waals surface area (Å²) in [6, 6.07) is 9.63. The van der Waals surface area contributed by atoms with Crippen molar-refractivity contribution in [1.82, 2.24) is 15.0 Å². The maximum absolute atomic E-state index is 11.1. The number of thiazole rings is 1. The van der Waals surface area contributed by atoms with Crippen LogP contribution in [0.5, 0.6) is 0 Å². The van der Waals surface area contributed by atoms with Gasteiger partial charge in [-0.3, -0.25) is 4.79 Å². The third-order valence-electron chi connectivity index (χ3n) is 3.39. The first-order chi connectivity index (χ1) is 12.0. The van der Waals surface area contributed by atoms with Gasteiger partial charge in [0, 0.05) is 19.3 Å². The molecule has 7 heteroatoms. The van der Waals surface area contributed by atoms with Crippen LogP contribution < -0.4 is 5.32 Å². The topological polar surface area (TPSA) is 77.0 Å². The fourth-order valence-corrected chi connectivity index (χ4v) is 3.14. The molecule has 0 bridgehead atoms. The quantitative estimate of drug-likeness (QED) is 0.689. The molecule has 0 aliphatic carbocycles. The molecule has 0 spiro atoms. The van der Waals surface area contributed by atoms with E-state index in [0.717, 1.165) is 27.0 Å². The third-order valence-corrected chi connectivity index (χ3v) is 4.57. The molecule has 25 heavy (non-hydrogen) atoms. The van der Waals surface area contributed by atoms with Gasteiger partial charge in [-0.05, 0) is 43.7 Å². The Bertz CT molecular complexity index is 894. The van der Waals surface area contributed by atoms with Crippen molar-refractivity contribution in [1.29, 1.82) is 0 Å². The fraction of sp³-hybridized carbons (Fsp3) is 0.222. The Morgan fingerprint density at radius 1 is 1.24 bits per heavy atom. The smallest absolute Gasteiger partial charge is 0.303 e. The summed E-state index contributed by atoms with van der Waals surface area (Å²) in [5, 5.41) is 3.94. The third kappa shape index (κ3) is 4.39. The van der Waals surface area contributed by atoms with E-state index < -0.39 is 0 Å². The molecule has 0 saturated carbocycles. The second kappa shape index (κ2) is 7.40. The van der Waals surface area contributed by atoms with Gasteiger partial charge in [-0.15, -0.1) is 11.3 Å². The van der Waals surface area contributed by atoms with Crippen molar-refractivity contribution in [3.05, 3.63) is 53.3 Å². The predicted octanol–water partition coefficient (Wildman–Crippen LogP) is 4.28. The average Bonchev–Trinajstić information content (AvgIpc) is 3.05. The molecule has 0 aromatic carbocycles. The van der Waals surface area contributed by atoms with Crippen LogP contribution in [0, 0.1) is 6.92 Å². The number of carbonyl (C=O) groups excluding carboxylic acids is 1. The Morgan fingerprint density at radius 3 is 2.84 bits per heavy atom. The Hall–Kier alpha value is -2.80. The SMILES string of the molecule is CC(=O)O[C@@H](C)c1ncc(-c2cccc(Nc3cc(C)ccn3)n2)s1. The Balaban J connectivity index is 1.80. The molecule has 0 aliphatic rings. The van der Waals surface area contributed by atoms with Gasteiger partial charge in [0.15, 0.2) is 6.10 Å². The highest BCUT2D eigenvalue weighted by atomic mass is 32.1. The average molecular weight is 354 g/mol. The molecule has 0 aliphatic heterocycles. The minimum absolute atomic E-state index is 0.320. The van der Waals surface area contributed by atoms with E-state index in [9.17, 15) is 4.79 Å². The molecule has 0 unspecified atom stereocenters. The zero-order valence-electron chi connectivity index (χ0n) is 14.2. The van der Waals surface area contributed by atoms with Crippen LogP contribution in [-0.4, -0.2) is 20.9 Å². The summed E-state index contributed by atoms with van der Waals surface area (Å²) < 4.78 is 5.17. The van der Waals surface area contributed by atoms with Crippen molar-refractivity contribution in [2.24, 2.45) is 0 Å². The number of ether oxygens (including phenoxy) is 1. The Kier molecular flexibility index (Phi) is 5.04. The van der Waals surface area contributed by atoms with E-state index in [2.05, 4.69) is 20.3 Å². The van der Waals surface area contributed by atoms with Gasteiger partial charge in [0.05, 0.1) is 10.6 Å². The lowest BCUT2D eigenvalue weighted by atomic mass is 10.3. The van der Waals surface area contributed by atoms with Crippen LogP contribution in [-0.2, 0) is 9.53 Å². The summed E-state index contributed by atoms with van der Waals surface area (Å²) >= 11 is 1.46. The minimum atomic E-state index is -0.367. The molecule has 3 aromatic rings. The van der Waals surface area contributed by atoms with Crippen LogP contribution in [0.15, 0.2) is 42.7 Å². The monoisotopic (exact) mass is 354 g/mol. The first-order valence-electron chi connectivity index (χ1n) is 7.81. The van der Waals surface area contributed by atoms with Crippen molar-refractivity contribution >= 4 is 28.9 Å². The molecular formula is C18H18N4O2S. The highest BCUT2D eigenvalue weighted by Crippen LogP contribution is 2.30.